The van der Waals surface area contributed by atoms with Gasteiger partial charge < -0.3 is 13.9 Å². The first-order valence-electron chi connectivity index (χ1n) is 11.4. The molecule has 8 heteroatoms. The van der Waals surface area contributed by atoms with Crippen LogP contribution in [0.3, 0.4) is 0 Å². The van der Waals surface area contributed by atoms with Gasteiger partial charge in [0.1, 0.15) is 5.65 Å². The number of sulfonamides is 1. The Bertz CT molecular complexity index is 1310. The van der Waals surface area contributed by atoms with Crippen LogP contribution in [0.4, 0.5) is 0 Å². The van der Waals surface area contributed by atoms with E-state index in [1.165, 1.54) is 5.57 Å². The summed E-state index contributed by atoms with van der Waals surface area (Å²) < 4.78 is 40.2. The molecule has 0 N–H and O–H groups in total. The molecule has 7 nitrogen and oxygen atoms in total. The number of aromatic nitrogens is 2. The summed E-state index contributed by atoms with van der Waals surface area (Å²) in [6, 6.07) is 9.83. The van der Waals surface area contributed by atoms with E-state index in [9.17, 15) is 8.42 Å². The van der Waals surface area contributed by atoms with Crippen LogP contribution >= 0.6 is 0 Å². The van der Waals surface area contributed by atoms with Gasteiger partial charge in [0.25, 0.3) is 0 Å². The van der Waals surface area contributed by atoms with Gasteiger partial charge >= 0.3 is 0 Å². The summed E-state index contributed by atoms with van der Waals surface area (Å²) in [5.74, 6) is 1.35. The van der Waals surface area contributed by atoms with Gasteiger partial charge in [0.2, 0.25) is 10.0 Å². The van der Waals surface area contributed by atoms with Crippen LogP contribution in [0.5, 0.6) is 11.5 Å². The smallest absolute Gasteiger partial charge is 0.217 e. The predicted molar refractivity (Wildman–Crippen MR) is 129 cm³/mol. The Hall–Kier alpha value is -2.84. The van der Waals surface area contributed by atoms with Crippen LogP contribution in [-0.4, -0.2) is 54.7 Å². The number of benzene rings is 1. The Morgan fingerprint density at radius 3 is 2.42 bits per heavy atom. The number of methoxy groups -OCH3 is 2. The van der Waals surface area contributed by atoms with Gasteiger partial charge in [-0.3, -0.25) is 0 Å². The lowest BCUT2D eigenvalue weighted by molar-refractivity contribution is 0.355. The topological polar surface area (TPSA) is 73.1 Å². The lowest BCUT2D eigenvalue weighted by Gasteiger charge is -2.28. The Morgan fingerprint density at radius 1 is 0.970 bits per heavy atom. The highest BCUT2D eigenvalue weighted by Crippen LogP contribution is 2.33. The molecule has 2 aromatic heterocycles. The number of ether oxygens (including phenoxy) is 2. The summed E-state index contributed by atoms with van der Waals surface area (Å²) in [4.78, 5) is 4.75. The number of hydrogen-bond donors (Lipinski definition) is 0. The first-order chi connectivity index (χ1) is 16.0. The molecule has 0 saturated heterocycles. The molecular formula is C25H29N3O4S. The van der Waals surface area contributed by atoms with Crippen molar-refractivity contribution in [1.29, 1.82) is 0 Å². The number of imidazole rings is 1. The maximum atomic E-state index is 12.9. The molecule has 0 radical (unpaired) electrons. The van der Waals surface area contributed by atoms with Crippen molar-refractivity contribution in [3.8, 4) is 22.8 Å². The van der Waals surface area contributed by atoms with Gasteiger partial charge in [0.15, 0.2) is 11.5 Å². The molecule has 1 aliphatic heterocycles. The van der Waals surface area contributed by atoms with Crippen molar-refractivity contribution >= 4 is 21.2 Å². The maximum Gasteiger partial charge on any atom is 0.217 e. The highest BCUT2D eigenvalue weighted by Gasteiger charge is 2.34. The molecule has 174 valence electrons. The molecule has 5 rings (SSSR count). The SMILES string of the molecule is COc1ccc(-c2cn3cc(C4=CCN(S(=O)(=O)C5CCCC5)CC4)ccc3n2)cc1OC. The third kappa shape index (κ3) is 4.13. The van der Waals surface area contributed by atoms with E-state index >= 15 is 0 Å². The third-order valence-electron chi connectivity index (χ3n) is 6.76. The first-order valence-corrected chi connectivity index (χ1v) is 12.9. The highest BCUT2D eigenvalue weighted by molar-refractivity contribution is 7.89. The number of pyridine rings is 1. The average molecular weight is 468 g/mol. The van der Waals surface area contributed by atoms with Gasteiger partial charge in [-0.1, -0.05) is 18.9 Å². The molecule has 1 fully saturated rings. The molecule has 1 saturated carbocycles. The largest absolute Gasteiger partial charge is 0.493 e. The molecule has 3 aromatic rings. The van der Waals surface area contributed by atoms with Crippen molar-refractivity contribution in [3.63, 3.8) is 0 Å². The fourth-order valence-electron chi connectivity index (χ4n) is 4.86. The molecule has 0 spiro atoms. The van der Waals surface area contributed by atoms with Crippen molar-refractivity contribution in [3.05, 3.63) is 54.4 Å². The van der Waals surface area contributed by atoms with Crippen LogP contribution in [0.15, 0.2) is 48.8 Å². The van der Waals surface area contributed by atoms with Crippen molar-refractivity contribution in [2.45, 2.75) is 37.4 Å². The molecule has 2 aliphatic rings. The van der Waals surface area contributed by atoms with Crippen molar-refractivity contribution in [2.75, 3.05) is 27.3 Å². The molecule has 0 bridgehead atoms. The zero-order valence-electron chi connectivity index (χ0n) is 19.0. The lowest BCUT2D eigenvalue weighted by atomic mass is 10.0. The van der Waals surface area contributed by atoms with Crippen LogP contribution in [0, 0.1) is 0 Å². The fourth-order valence-corrected chi connectivity index (χ4v) is 6.84. The van der Waals surface area contributed by atoms with Crippen molar-refractivity contribution in [2.24, 2.45) is 0 Å². The van der Waals surface area contributed by atoms with E-state index in [0.29, 0.717) is 31.0 Å². The lowest BCUT2D eigenvalue weighted by Crippen LogP contribution is -2.40. The van der Waals surface area contributed by atoms with E-state index < -0.39 is 10.0 Å². The minimum absolute atomic E-state index is 0.190. The Kier molecular flexibility index (Phi) is 5.88. The second-order valence-electron chi connectivity index (χ2n) is 8.67. The zero-order chi connectivity index (χ0) is 23.0. The second kappa shape index (κ2) is 8.83. The predicted octanol–water partition coefficient (Wildman–Crippen LogP) is 4.38. The summed E-state index contributed by atoms with van der Waals surface area (Å²) in [5, 5.41) is -0.190. The minimum Gasteiger partial charge on any atom is -0.493 e. The van der Waals surface area contributed by atoms with Gasteiger partial charge in [0.05, 0.1) is 25.2 Å². The molecular weight excluding hydrogens is 438 g/mol. The first kappa shape index (κ1) is 22.0. The van der Waals surface area contributed by atoms with E-state index in [4.69, 9.17) is 14.5 Å². The quantitative estimate of drug-likeness (QED) is 0.538. The standard InChI is InChI=1S/C25H29N3O4S/c1-31-23-9-7-19(15-24(23)32-2)22-17-27-16-20(8-10-25(27)26-22)18-11-13-28(14-12-18)33(29,30)21-5-3-4-6-21/h7-11,15-17,21H,3-6,12-14H2,1-2H3. The summed E-state index contributed by atoms with van der Waals surface area (Å²) in [7, 11) is 0.0531. The van der Waals surface area contributed by atoms with Crippen molar-refractivity contribution in [1.82, 2.24) is 13.7 Å². The van der Waals surface area contributed by atoms with Gasteiger partial charge in [0, 0.05) is 31.0 Å². The fraction of sp³-hybridized carbons (Fsp3) is 0.400. The zero-order valence-corrected chi connectivity index (χ0v) is 19.8. The molecule has 3 heterocycles. The molecule has 0 amide bonds. The number of rotatable bonds is 6. The number of fused-ring (bicyclic) bond motifs is 1. The Balaban J connectivity index is 1.38. The van der Waals surface area contributed by atoms with Crippen LogP contribution in [0.25, 0.3) is 22.5 Å². The van der Waals surface area contributed by atoms with E-state index in [2.05, 4.69) is 18.3 Å². The van der Waals surface area contributed by atoms with Gasteiger partial charge in [-0.05, 0) is 60.7 Å². The summed E-state index contributed by atoms with van der Waals surface area (Å²) in [5.41, 5.74) is 4.92. The van der Waals surface area contributed by atoms with Crippen LogP contribution in [-0.2, 0) is 10.0 Å². The molecule has 1 aromatic carbocycles. The molecule has 1 aliphatic carbocycles. The van der Waals surface area contributed by atoms with Gasteiger partial charge in [-0.2, -0.15) is 4.31 Å². The van der Waals surface area contributed by atoms with E-state index in [-0.39, 0.29) is 5.25 Å². The van der Waals surface area contributed by atoms with Crippen LogP contribution in [0.1, 0.15) is 37.7 Å². The Labute approximate surface area is 194 Å². The Morgan fingerprint density at radius 2 is 1.73 bits per heavy atom. The number of nitrogens with zero attached hydrogens (tertiary/aromatic N) is 3. The minimum atomic E-state index is -3.19. The van der Waals surface area contributed by atoms with E-state index in [1.807, 2.05) is 34.9 Å². The van der Waals surface area contributed by atoms with E-state index in [0.717, 1.165) is 48.2 Å². The van der Waals surface area contributed by atoms with E-state index in [1.54, 1.807) is 18.5 Å². The average Bonchev–Trinajstić information content (AvgIpc) is 3.54. The summed E-state index contributed by atoms with van der Waals surface area (Å²) >= 11 is 0. The highest BCUT2D eigenvalue weighted by atomic mass is 32.2. The van der Waals surface area contributed by atoms with Gasteiger partial charge in [-0.15, -0.1) is 0 Å². The molecule has 0 unspecified atom stereocenters. The summed E-state index contributed by atoms with van der Waals surface area (Å²) in [6.07, 6.45) is 10.5. The third-order valence-corrected chi connectivity index (χ3v) is 9.12. The molecule has 33 heavy (non-hydrogen) atoms. The van der Waals surface area contributed by atoms with Crippen LogP contribution in [0.2, 0.25) is 0 Å². The second-order valence-corrected chi connectivity index (χ2v) is 10.9. The van der Waals surface area contributed by atoms with Crippen LogP contribution < -0.4 is 9.47 Å². The number of hydrogen-bond acceptors (Lipinski definition) is 5. The monoisotopic (exact) mass is 467 g/mol. The summed E-state index contributed by atoms with van der Waals surface area (Å²) in [6.45, 7) is 0.997. The van der Waals surface area contributed by atoms with Crippen molar-refractivity contribution < 1.29 is 17.9 Å². The normalized spacial score (nSPS) is 17.9. The molecule has 0 atom stereocenters. The maximum absolute atomic E-state index is 12.9. The van der Waals surface area contributed by atoms with Gasteiger partial charge in [-0.25, -0.2) is 13.4 Å².